The molecule has 0 aliphatic carbocycles. The summed E-state index contributed by atoms with van der Waals surface area (Å²) >= 11 is 0. The zero-order valence-corrected chi connectivity index (χ0v) is 11.7. The lowest BCUT2D eigenvalue weighted by atomic mass is 10.1. The van der Waals surface area contributed by atoms with Gasteiger partial charge < -0.3 is 10.0 Å². The highest BCUT2D eigenvalue weighted by atomic mass is 19.1. The molecule has 0 unspecified atom stereocenters. The van der Waals surface area contributed by atoms with Gasteiger partial charge in [0.15, 0.2) is 5.82 Å². The molecule has 3 aromatic rings. The van der Waals surface area contributed by atoms with Gasteiger partial charge in [0.1, 0.15) is 17.4 Å². The molecule has 3 rings (SSSR count). The van der Waals surface area contributed by atoms with Crippen molar-refractivity contribution < 1.29 is 9.50 Å². The van der Waals surface area contributed by atoms with E-state index in [1.807, 2.05) is 0 Å². The molecular formula is C16H14FN3O. The standard InChI is InChI=1S/C16H14FN3O/c1-20(2)16-14-11(17)7-5-8-12(14)18-15(19-16)10-6-3-4-9-13(10)21/h3-9,21H,1-2H3. The van der Waals surface area contributed by atoms with Gasteiger partial charge in [0.25, 0.3) is 0 Å². The molecule has 0 radical (unpaired) electrons. The topological polar surface area (TPSA) is 49.2 Å². The Hall–Kier alpha value is -2.69. The molecule has 4 nitrogen and oxygen atoms in total. The van der Waals surface area contributed by atoms with Gasteiger partial charge >= 0.3 is 0 Å². The van der Waals surface area contributed by atoms with E-state index in [4.69, 9.17) is 0 Å². The van der Waals surface area contributed by atoms with Crippen LogP contribution in [0.3, 0.4) is 0 Å². The number of para-hydroxylation sites is 1. The van der Waals surface area contributed by atoms with Crippen molar-refractivity contribution in [1.82, 2.24) is 9.97 Å². The van der Waals surface area contributed by atoms with Crippen molar-refractivity contribution in [3.8, 4) is 17.1 Å². The summed E-state index contributed by atoms with van der Waals surface area (Å²) in [5, 5.41) is 10.3. The number of anilines is 1. The van der Waals surface area contributed by atoms with Crippen molar-refractivity contribution in [1.29, 1.82) is 0 Å². The first-order valence-electron chi connectivity index (χ1n) is 6.50. The van der Waals surface area contributed by atoms with Crippen LogP contribution in [0.25, 0.3) is 22.3 Å². The van der Waals surface area contributed by atoms with Crippen molar-refractivity contribution in [2.45, 2.75) is 0 Å². The highest BCUT2D eigenvalue weighted by molar-refractivity contribution is 5.91. The van der Waals surface area contributed by atoms with E-state index >= 15 is 0 Å². The Labute approximate surface area is 121 Å². The first-order chi connectivity index (χ1) is 10.1. The lowest BCUT2D eigenvalue weighted by Crippen LogP contribution is -2.13. The van der Waals surface area contributed by atoms with Gasteiger partial charge in [-0.2, -0.15) is 0 Å². The fourth-order valence-corrected chi connectivity index (χ4v) is 2.23. The van der Waals surface area contributed by atoms with E-state index in [0.717, 1.165) is 0 Å². The Morgan fingerprint density at radius 2 is 1.76 bits per heavy atom. The number of rotatable bonds is 2. The summed E-state index contributed by atoms with van der Waals surface area (Å²) in [5.41, 5.74) is 1.03. The number of nitrogens with zero attached hydrogens (tertiary/aromatic N) is 3. The average molecular weight is 283 g/mol. The first-order valence-corrected chi connectivity index (χ1v) is 6.50. The van der Waals surface area contributed by atoms with E-state index < -0.39 is 0 Å². The van der Waals surface area contributed by atoms with E-state index in [1.165, 1.54) is 6.07 Å². The van der Waals surface area contributed by atoms with Gasteiger partial charge in [-0.05, 0) is 24.3 Å². The second kappa shape index (κ2) is 5.01. The van der Waals surface area contributed by atoms with E-state index in [2.05, 4.69) is 9.97 Å². The number of aromatic nitrogens is 2. The molecule has 0 fully saturated rings. The summed E-state index contributed by atoms with van der Waals surface area (Å²) in [6, 6.07) is 11.6. The van der Waals surface area contributed by atoms with Crippen molar-refractivity contribution in [2.75, 3.05) is 19.0 Å². The maximum Gasteiger partial charge on any atom is 0.165 e. The predicted octanol–water partition coefficient (Wildman–Crippen LogP) is 3.21. The van der Waals surface area contributed by atoms with Gasteiger partial charge in [-0.15, -0.1) is 0 Å². The number of phenols is 1. The van der Waals surface area contributed by atoms with Crippen LogP contribution in [0.2, 0.25) is 0 Å². The number of aromatic hydroxyl groups is 1. The van der Waals surface area contributed by atoms with Crippen molar-refractivity contribution in [3.63, 3.8) is 0 Å². The number of fused-ring (bicyclic) bond motifs is 1. The molecule has 0 saturated carbocycles. The monoisotopic (exact) mass is 283 g/mol. The minimum atomic E-state index is -0.361. The van der Waals surface area contributed by atoms with Crippen LogP contribution in [0.15, 0.2) is 42.5 Å². The molecule has 1 N–H and O–H groups in total. The Morgan fingerprint density at radius 3 is 2.48 bits per heavy atom. The zero-order chi connectivity index (χ0) is 15.0. The molecule has 1 aromatic heterocycles. The van der Waals surface area contributed by atoms with Gasteiger partial charge in [0.2, 0.25) is 0 Å². The Bertz CT molecular complexity index is 818. The third kappa shape index (κ3) is 2.27. The third-order valence-corrected chi connectivity index (χ3v) is 3.22. The highest BCUT2D eigenvalue weighted by Crippen LogP contribution is 2.31. The largest absolute Gasteiger partial charge is 0.507 e. The highest BCUT2D eigenvalue weighted by Gasteiger charge is 2.15. The average Bonchev–Trinajstić information content (AvgIpc) is 2.46. The van der Waals surface area contributed by atoms with Crippen molar-refractivity contribution in [3.05, 3.63) is 48.3 Å². The minimum absolute atomic E-state index is 0.0953. The number of hydrogen-bond donors (Lipinski definition) is 1. The fourth-order valence-electron chi connectivity index (χ4n) is 2.23. The molecule has 2 aromatic carbocycles. The smallest absolute Gasteiger partial charge is 0.165 e. The SMILES string of the molecule is CN(C)c1nc(-c2ccccc2O)nc2cccc(F)c12. The van der Waals surface area contributed by atoms with Crippen LogP contribution in [0, 0.1) is 5.82 Å². The van der Waals surface area contributed by atoms with Crippen LogP contribution in [-0.2, 0) is 0 Å². The van der Waals surface area contributed by atoms with Crippen LogP contribution in [0.4, 0.5) is 10.2 Å². The number of hydrogen-bond acceptors (Lipinski definition) is 4. The van der Waals surface area contributed by atoms with Crippen LogP contribution in [0.5, 0.6) is 5.75 Å². The summed E-state index contributed by atoms with van der Waals surface area (Å²) in [6.07, 6.45) is 0. The number of halogens is 1. The van der Waals surface area contributed by atoms with Crippen LogP contribution < -0.4 is 4.90 Å². The number of benzene rings is 2. The fraction of sp³-hybridized carbons (Fsp3) is 0.125. The van der Waals surface area contributed by atoms with Crippen LogP contribution >= 0.6 is 0 Å². The molecule has 0 saturated heterocycles. The molecule has 0 aliphatic rings. The van der Waals surface area contributed by atoms with Gasteiger partial charge in [-0.1, -0.05) is 18.2 Å². The Kier molecular flexibility index (Phi) is 3.17. The minimum Gasteiger partial charge on any atom is -0.507 e. The maximum atomic E-state index is 14.1. The second-order valence-electron chi connectivity index (χ2n) is 4.92. The van der Waals surface area contributed by atoms with E-state index in [1.54, 1.807) is 55.4 Å². The Morgan fingerprint density at radius 1 is 1.00 bits per heavy atom. The van der Waals surface area contributed by atoms with Crippen LogP contribution in [-0.4, -0.2) is 29.2 Å². The molecule has 0 aliphatic heterocycles. The molecule has 0 amide bonds. The molecule has 106 valence electrons. The van der Waals surface area contributed by atoms with Gasteiger partial charge in [0, 0.05) is 14.1 Å². The maximum absolute atomic E-state index is 14.1. The molecule has 0 atom stereocenters. The first kappa shape index (κ1) is 13.3. The van der Waals surface area contributed by atoms with E-state index in [-0.39, 0.29) is 11.6 Å². The zero-order valence-electron chi connectivity index (χ0n) is 11.7. The summed E-state index contributed by atoms with van der Waals surface area (Å²) in [7, 11) is 3.59. The van der Waals surface area contributed by atoms with Crippen LogP contribution in [0.1, 0.15) is 0 Å². The summed E-state index contributed by atoms with van der Waals surface area (Å²) in [4.78, 5) is 10.5. The third-order valence-electron chi connectivity index (χ3n) is 3.22. The van der Waals surface area contributed by atoms with Gasteiger partial charge in [0.05, 0.1) is 16.5 Å². The molecule has 21 heavy (non-hydrogen) atoms. The predicted molar refractivity (Wildman–Crippen MR) is 80.9 cm³/mol. The summed E-state index contributed by atoms with van der Waals surface area (Å²) in [5.74, 6) is 0.587. The molecule has 0 bridgehead atoms. The molecular weight excluding hydrogens is 269 g/mol. The van der Waals surface area contributed by atoms with Crippen molar-refractivity contribution in [2.24, 2.45) is 0 Å². The quantitative estimate of drug-likeness (QED) is 0.784. The second-order valence-corrected chi connectivity index (χ2v) is 4.92. The normalized spacial score (nSPS) is 10.8. The van der Waals surface area contributed by atoms with Crippen molar-refractivity contribution >= 4 is 16.7 Å². The lowest BCUT2D eigenvalue weighted by Gasteiger charge is -2.16. The summed E-state index contributed by atoms with van der Waals surface area (Å²) < 4.78 is 14.1. The molecule has 1 heterocycles. The molecule has 0 spiro atoms. The van der Waals surface area contributed by atoms with E-state index in [9.17, 15) is 9.50 Å². The molecule has 5 heteroatoms. The number of phenolic OH excluding ortho intramolecular Hbond substituents is 1. The van der Waals surface area contributed by atoms with Gasteiger partial charge in [-0.25, -0.2) is 14.4 Å². The summed E-state index contributed by atoms with van der Waals surface area (Å²) in [6.45, 7) is 0. The van der Waals surface area contributed by atoms with Gasteiger partial charge in [-0.3, -0.25) is 0 Å². The van der Waals surface area contributed by atoms with E-state index in [0.29, 0.717) is 28.1 Å². The Balaban J connectivity index is 2.35. The lowest BCUT2D eigenvalue weighted by molar-refractivity contribution is 0.477.